The molecule has 5 atom stereocenters. The molecule has 3 N–H and O–H groups in total. The van der Waals surface area contributed by atoms with E-state index in [4.69, 9.17) is 37.0 Å². The van der Waals surface area contributed by atoms with Gasteiger partial charge in [0.05, 0.1) is 26.4 Å². The minimum absolute atomic E-state index is 0.106. The Morgan fingerprint density at radius 3 is 0.738 bits per heavy atom. The molecule has 2 unspecified atom stereocenters. The van der Waals surface area contributed by atoms with E-state index in [9.17, 15) is 43.2 Å². The Balaban J connectivity index is 5.21. The van der Waals surface area contributed by atoms with E-state index in [2.05, 4.69) is 27.7 Å². The highest BCUT2D eigenvalue weighted by Gasteiger charge is 2.30. The van der Waals surface area contributed by atoms with Gasteiger partial charge in [-0.3, -0.25) is 37.3 Å². The van der Waals surface area contributed by atoms with Crippen molar-refractivity contribution < 1.29 is 80.2 Å². The lowest BCUT2D eigenvalue weighted by Crippen LogP contribution is -2.30. The molecule has 0 heterocycles. The number of esters is 4. The van der Waals surface area contributed by atoms with E-state index < -0.39 is 97.5 Å². The maximum absolute atomic E-state index is 12.9. The fourth-order valence-corrected chi connectivity index (χ4v) is 10.7. The van der Waals surface area contributed by atoms with E-state index in [-0.39, 0.29) is 25.7 Å². The summed E-state index contributed by atoms with van der Waals surface area (Å²) in [7, 11) is -9.87. The largest absolute Gasteiger partial charge is 0.472 e. The summed E-state index contributed by atoms with van der Waals surface area (Å²) in [5, 5.41) is 10.5. The number of carbonyl (C=O) groups is 4. The van der Waals surface area contributed by atoms with Crippen molar-refractivity contribution in [2.45, 2.75) is 329 Å². The second-order valence-electron chi connectivity index (χ2n) is 22.1. The van der Waals surface area contributed by atoms with Crippen LogP contribution >= 0.6 is 15.6 Å². The molecule has 0 fully saturated rings. The van der Waals surface area contributed by atoms with Crippen LogP contribution in [0.4, 0.5) is 0 Å². The molecule has 0 aromatic carbocycles. The number of ether oxygens (including phenoxy) is 4. The molecule has 0 aliphatic rings. The van der Waals surface area contributed by atoms with Gasteiger partial charge in [0.2, 0.25) is 0 Å². The monoisotopic (exact) mass is 1180 g/mol. The second kappa shape index (κ2) is 56.2. The molecule has 0 saturated heterocycles. The van der Waals surface area contributed by atoms with Gasteiger partial charge in [0, 0.05) is 25.7 Å². The lowest BCUT2D eigenvalue weighted by Gasteiger charge is -2.21. The Kier molecular flexibility index (Phi) is 54.8. The molecule has 0 aromatic heterocycles. The van der Waals surface area contributed by atoms with Gasteiger partial charge in [0.15, 0.2) is 12.2 Å². The van der Waals surface area contributed by atoms with E-state index in [1.165, 1.54) is 135 Å². The summed E-state index contributed by atoms with van der Waals surface area (Å²) in [4.78, 5) is 71.9. The number of phosphoric acid groups is 2. The van der Waals surface area contributed by atoms with Gasteiger partial charge in [0.1, 0.15) is 19.3 Å². The standard InChI is InChI=1S/C61H118O17P2/c1-5-9-13-17-21-25-27-28-29-32-36-40-44-48-61(66)78-57(52-72-59(64)46-42-38-34-31-26-22-18-14-10-6-2)54-76-80(69,70)74-50-55(62)49-73-79(67,68)75-53-56(51-71-58(63)45-41-37-33-24-20-16-12-8-4)77-60(65)47-43-39-35-30-23-19-15-11-7-3/h55-57,62H,5-54H2,1-4H3,(H,67,68)(H,69,70)/t55-,56+,57+/m0/s1. The fraction of sp³-hybridized carbons (Fsp3) is 0.934. The van der Waals surface area contributed by atoms with Crippen molar-refractivity contribution in [2.24, 2.45) is 0 Å². The number of unbranched alkanes of at least 4 members (excludes halogenated alkanes) is 36. The van der Waals surface area contributed by atoms with E-state index in [0.29, 0.717) is 25.7 Å². The smallest absolute Gasteiger partial charge is 0.462 e. The predicted molar refractivity (Wildman–Crippen MR) is 317 cm³/mol. The van der Waals surface area contributed by atoms with Crippen molar-refractivity contribution in [3.8, 4) is 0 Å². The molecular formula is C61H118O17P2. The Morgan fingerprint density at radius 1 is 0.300 bits per heavy atom. The third-order valence-corrected chi connectivity index (χ3v) is 16.0. The molecule has 0 spiro atoms. The van der Waals surface area contributed by atoms with Crippen molar-refractivity contribution in [3.63, 3.8) is 0 Å². The van der Waals surface area contributed by atoms with Crippen LogP contribution in [0, 0.1) is 0 Å². The zero-order chi connectivity index (χ0) is 59.1. The molecule has 0 bridgehead atoms. The topological polar surface area (TPSA) is 237 Å². The Bertz CT molecular complexity index is 1550. The quantitative estimate of drug-likeness (QED) is 0.0222. The van der Waals surface area contributed by atoms with Gasteiger partial charge in [-0.25, -0.2) is 9.13 Å². The first-order chi connectivity index (χ1) is 38.7. The van der Waals surface area contributed by atoms with Crippen molar-refractivity contribution >= 4 is 39.5 Å². The van der Waals surface area contributed by atoms with E-state index in [1.807, 2.05) is 0 Å². The lowest BCUT2D eigenvalue weighted by molar-refractivity contribution is -0.161. The van der Waals surface area contributed by atoms with Crippen molar-refractivity contribution in [2.75, 3.05) is 39.6 Å². The van der Waals surface area contributed by atoms with Crippen molar-refractivity contribution in [3.05, 3.63) is 0 Å². The Morgan fingerprint density at radius 2 is 0.500 bits per heavy atom. The Labute approximate surface area is 486 Å². The number of aliphatic hydroxyl groups is 1. The maximum Gasteiger partial charge on any atom is 0.472 e. The van der Waals surface area contributed by atoms with Crippen LogP contribution in [0.3, 0.4) is 0 Å². The summed E-state index contributed by atoms with van der Waals surface area (Å²) < 4.78 is 67.8. The molecule has 0 aliphatic heterocycles. The molecule has 474 valence electrons. The van der Waals surface area contributed by atoms with Crippen LogP contribution in [0.5, 0.6) is 0 Å². The zero-order valence-electron chi connectivity index (χ0n) is 51.0. The molecule has 0 radical (unpaired) electrons. The number of hydrogen-bond donors (Lipinski definition) is 3. The highest BCUT2D eigenvalue weighted by Crippen LogP contribution is 2.45. The fourth-order valence-electron chi connectivity index (χ4n) is 9.10. The van der Waals surface area contributed by atoms with Gasteiger partial charge < -0.3 is 33.8 Å². The number of aliphatic hydroxyl groups excluding tert-OH is 1. The van der Waals surface area contributed by atoms with Gasteiger partial charge in [-0.1, -0.05) is 259 Å². The van der Waals surface area contributed by atoms with Crippen LogP contribution in [-0.4, -0.2) is 96.7 Å². The number of phosphoric ester groups is 2. The normalized spacial score (nSPS) is 14.2. The lowest BCUT2D eigenvalue weighted by atomic mass is 10.0. The highest BCUT2D eigenvalue weighted by molar-refractivity contribution is 7.47. The molecular weight excluding hydrogens is 1070 g/mol. The van der Waals surface area contributed by atoms with E-state index >= 15 is 0 Å². The minimum atomic E-state index is -4.94. The van der Waals surface area contributed by atoms with Gasteiger partial charge in [-0.05, 0) is 25.7 Å². The molecule has 0 saturated carbocycles. The highest BCUT2D eigenvalue weighted by atomic mass is 31.2. The van der Waals surface area contributed by atoms with Crippen LogP contribution in [0.25, 0.3) is 0 Å². The first kappa shape index (κ1) is 78.1. The molecule has 0 aromatic rings. The number of carbonyl (C=O) groups excluding carboxylic acids is 4. The Hall–Kier alpha value is -1.94. The summed E-state index contributed by atoms with van der Waals surface area (Å²) in [5.74, 6) is -2.14. The number of hydrogen-bond acceptors (Lipinski definition) is 15. The molecule has 0 aliphatic carbocycles. The molecule has 0 rings (SSSR count). The summed E-state index contributed by atoms with van der Waals surface area (Å²) in [6.07, 6.45) is 40.2. The SMILES string of the molecule is CCCCCCCCCCCCCCCC(=O)O[C@H](COC(=O)CCCCCCCCCCCC)COP(=O)(O)OC[C@@H](O)COP(=O)(O)OC[C@@H](COC(=O)CCCCCCCCCC)OC(=O)CCCCCCCCCCC. The summed E-state index contributed by atoms with van der Waals surface area (Å²) in [5.41, 5.74) is 0. The van der Waals surface area contributed by atoms with Crippen LogP contribution in [0.15, 0.2) is 0 Å². The number of rotatable bonds is 62. The summed E-state index contributed by atoms with van der Waals surface area (Å²) >= 11 is 0. The molecule has 80 heavy (non-hydrogen) atoms. The first-order valence-corrected chi connectivity index (χ1v) is 35.3. The second-order valence-corrected chi connectivity index (χ2v) is 25.0. The average molecular weight is 1190 g/mol. The summed E-state index contributed by atoms with van der Waals surface area (Å²) in [6.45, 7) is 4.83. The van der Waals surface area contributed by atoms with Crippen LogP contribution < -0.4 is 0 Å². The van der Waals surface area contributed by atoms with Crippen LogP contribution in [0.1, 0.15) is 310 Å². The molecule has 0 amide bonds. The van der Waals surface area contributed by atoms with E-state index in [1.54, 1.807) is 0 Å². The van der Waals surface area contributed by atoms with E-state index in [0.717, 1.165) is 96.3 Å². The summed E-state index contributed by atoms with van der Waals surface area (Å²) in [6, 6.07) is 0. The van der Waals surface area contributed by atoms with Crippen LogP contribution in [0.2, 0.25) is 0 Å². The molecule has 17 nitrogen and oxygen atoms in total. The first-order valence-electron chi connectivity index (χ1n) is 32.3. The van der Waals surface area contributed by atoms with Crippen LogP contribution in [-0.2, 0) is 65.4 Å². The predicted octanol–water partition coefficient (Wildman–Crippen LogP) is 16.8. The van der Waals surface area contributed by atoms with Gasteiger partial charge in [0.25, 0.3) is 0 Å². The maximum atomic E-state index is 12.9. The third kappa shape index (κ3) is 55.3. The van der Waals surface area contributed by atoms with Gasteiger partial charge in [-0.15, -0.1) is 0 Å². The van der Waals surface area contributed by atoms with Crippen molar-refractivity contribution in [1.82, 2.24) is 0 Å². The third-order valence-electron chi connectivity index (χ3n) is 14.1. The van der Waals surface area contributed by atoms with Crippen molar-refractivity contribution in [1.29, 1.82) is 0 Å². The minimum Gasteiger partial charge on any atom is -0.462 e. The molecule has 19 heteroatoms. The van der Waals surface area contributed by atoms with Gasteiger partial charge >= 0.3 is 39.5 Å². The zero-order valence-corrected chi connectivity index (χ0v) is 52.8. The average Bonchev–Trinajstić information content (AvgIpc) is 3.43. The van der Waals surface area contributed by atoms with Gasteiger partial charge in [-0.2, -0.15) is 0 Å².